The molecule has 1 aliphatic heterocycles. The normalized spacial score (nSPS) is 28.1. The average Bonchev–Trinajstić information content (AvgIpc) is 2.43. The summed E-state index contributed by atoms with van der Waals surface area (Å²) in [5.74, 6) is 1.89. The van der Waals surface area contributed by atoms with Crippen LogP contribution in [0.3, 0.4) is 0 Å². The molecule has 2 N–H and O–H groups in total. The molecule has 1 aromatic carbocycles. The van der Waals surface area contributed by atoms with Crippen LogP contribution in [0, 0.1) is 11.8 Å². The predicted octanol–water partition coefficient (Wildman–Crippen LogP) is 3.93. The molecule has 3 rings (SSSR count). The Balaban J connectivity index is 1.67. The van der Waals surface area contributed by atoms with Crippen LogP contribution in [0.4, 0.5) is 5.69 Å². The first-order valence-corrected chi connectivity index (χ1v) is 7.87. The fourth-order valence-corrected chi connectivity index (χ4v) is 4.03. The second kappa shape index (κ2) is 5.72. The van der Waals surface area contributed by atoms with E-state index in [0.717, 1.165) is 34.7 Å². The van der Waals surface area contributed by atoms with Crippen LogP contribution in [0.1, 0.15) is 37.7 Å². The molecule has 19 heavy (non-hydrogen) atoms. The first-order chi connectivity index (χ1) is 9.24. The van der Waals surface area contributed by atoms with E-state index in [-0.39, 0.29) is 0 Å². The van der Waals surface area contributed by atoms with Crippen molar-refractivity contribution in [3.05, 3.63) is 28.8 Å². The van der Waals surface area contributed by atoms with Gasteiger partial charge >= 0.3 is 0 Å². The second-order valence-corrected chi connectivity index (χ2v) is 6.54. The van der Waals surface area contributed by atoms with Gasteiger partial charge in [-0.15, -0.1) is 0 Å². The van der Waals surface area contributed by atoms with Gasteiger partial charge in [0.1, 0.15) is 0 Å². The molecule has 2 fully saturated rings. The molecule has 0 aromatic heterocycles. The zero-order valence-corrected chi connectivity index (χ0v) is 12.2. The van der Waals surface area contributed by atoms with Crippen LogP contribution >= 0.6 is 11.6 Å². The van der Waals surface area contributed by atoms with E-state index in [1.807, 2.05) is 18.2 Å². The molecule has 2 nitrogen and oxygen atoms in total. The number of likely N-dealkylation sites (tertiary alicyclic amines) is 1. The molecular weight excluding hydrogens is 256 g/mol. The molecule has 3 heteroatoms. The highest BCUT2D eigenvalue weighted by atomic mass is 35.5. The molecule has 1 saturated heterocycles. The van der Waals surface area contributed by atoms with Crippen molar-refractivity contribution in [3.63, 3.8) is 0 Å². The van der Waals surface area contributed by atoms with E-state index < -0.39 is 0 Å². The molecule has 0 bridgehead atoms. The molecule has 1 aromatic rings. The van der Waals surface area contributed by atoms with E-state index in [1.54, 1.807) is 0 Å². The van der Waals surface area contributed by atoms with Crippen LogP contribution in [-0.2, 0) is 6.54 Å². The number of halogens is 1. The lowest BCUT2D eigenvalue weighted by Gasteiger charge is -2.41. The highest BCUT2D eigenvalue weighted by Crippen LogP contribution is 2.37. The van der Waals surface area contributed by atoms with Crippen LogP contribution in [0.15, 0.2) is 18.2 Å². The Labute approximate surface area is 120 Å². The molecule has 2 atom stereocenters. The Morgan fingerprint density at radius 1 is 1.16 bits per heavy atom. The van der Waals surface area contributed by atoms with Crippen molar-refractivity contribution >= 4 is 17.3 Å². The van der Waals surface area contributed by atoms with E-state index in [1.165, 1.54) is 45.2 Å². The first kappa shape index (κ1) is 13.3. The quantitative estimate of drug-likeness (QED) is 0.831. The third kappa shape index (κ3) is 2.90. The average molecular weight is 279 g/mol. The van der Waals surface area contributed by atoms with Gasteiger partial charge in [0.2, 0.25) is 0 Å². The summed E-state index contributed by atoms with van der Waals surface area (Å²) in [6.07, 6.45) is 7.09. The lowest BCUT2D eigenvalue weighted by Crippen LogP contribution is -2.41. The molecule has 104 valence electrons. The highest BCUT2D eigenvalue weighted by molar-refractivity contribution is 6.31. The Bertz CT molecular complexity index is 426. The van der Waals surface area contributed by atoms with Gasteiger partial charge in [0.05, 0.1) is 0 Å². The number of rotatable bonds is 2. The summed E-state index contributed by atoms with van der Waals surface area (Å²) >= 11 is 6.28. The first-order valence-electron chi connectivity index (χ1n) is 7.49. The minimum atomic E-state index is 0.811. The molecule has 0 radical (unpaired) electrons. The van der Waals surface area contributed by atoms with Gasteiger partial charge in [0.25, 0.3) is 0 Å². The summed E-state index contributed by atoms with van der Waals surface area (Å²) in [7, 11) is 0. The minimum absolute atomic E-state index is 0.811. The van der Waals surface area contributed by atoms with Gasteiger partial charge in [-0.05, 0) is 43.4 Å². The fraction of sp³-hybridized carbons (Fsp3) is 0.625. The summed E-state index contributed by atoms with van der Waals surface area (Å²) in [5.41, 5.74) is 8.00. The fourth-order valence-electron chi connectivity index (χ4n) is 3.79. The van der Waals surface area contributed by atoms with Gasteiger partial charge in [-0.2, -0.15) is 0 Å². The van der Waals surface area contributed by atoms with E-state index in [0.29, 0.717) is 0 Å². The standard InChI is InChI=1S/C16H23ClN2/c17-15-6-3-7-16(18)14(15)11-19-9-8-12-4-1-2-5-13(12)10-19/h3,6-7,12-13H,1-2,4-5,8-11,18H2. The smallest absolute Gasteiger partial charge is 0.0471 e. The highest BCUT2D eigenvalue weighted by Gasteiger charge is 2.31. The molecular formula is C16H23ClN2. The summed E-state index contributed by atoms with van der Waals surface area (Å²) in [6, 6.07) is 5.82. The van der Waals surface area contributed by atoms with Crippen molar-refractivity contribution in [1.82, 2.24) is 4.90 Å². The van der Waals surface area contributed by atoms with Gasteiger partial charge < -0.3 is 5.73 Å². The summed E-state index contributed by atoms with van der Waals surface area (Å²) in [4.78, 5) is 2.55. The zero-order chi connectivity index (χ0) is 13.2. The molecule has 1 aliphatic carbocycles. The SMILES string of the molecule is Nc1cccc(Cl)c1CN1CCC2CCCCC2C1. The molecule has 1 heterocycles. The minimum Gasteiger partial charge on any atom is -0.398 e. The number of nitrogens with zero attached hydrogens (tertiary/aromatic N) is 1. The van der Waals surface area contributed by atoms with Gasteiger partial charge in [-0.1, -0.05) is 36.9 Å². The Kier molecular flexibility index (Phi) is 3.99. The van der Waals surface area contributed by atoms with Crippen molar-refractivity contribution in [2.24, 2.45) is 11.8 Å². The van der Waals surface area contributed by atoms with Crippen molar-refractivity contribution < 1.29 is 0 Å². The van der Waals surface area contributed by atoms with Crippen molar-refractivity contribution in [2.45, 2.75) is 38.6 Å². The molecule has 2 aliphatic rings. The van der Waals surface area contributed by atoms with Crippen molar-refractivity contribution in [3.8, 4) is 0 Å². The maximum Gasteiger partial charge on any atom is 0.0471 e. The van der Waals surface area contributed by atoms with Crippen molar-refractivity contribution in [1.29, 1.82) is 0 Å². The summed E-state index contributed by atoms with van der Waals surface area (Å²) in [5, 5.41) is 0.811. The zero-order valence-electron chi connectivity index (χ0n) is 11.4. The molecule has 1 saturated carbocycles. The van der Waals surface area contributed by atoms with Gasteiger partial charge in [-0.25, -0.2) is 0 Å². The predicted molar refractivity (Wildman–Crippen MR) is 81.2 cm³/mol. The van der Waals surface area contributed by atoms with E-state index in [2.05, 4.69) is 4.90 Å². The van der Waals surface area contributed by atoms with Crippen molar-refractivity contribution in [2.75, 3.05) is 18.8 Å². The second-order valence-electron chi connectivity index (χ2n) is 6.14. The topological polar surface area (TPSA) is 29.3 Å². The number of fused-ring (bicyclic) bond motifs is 1. The molecule has 2 unspecified atom stereocenters. The Morgan fingerprint density at radius 3 is 2.74 bits per heavy atom. The number of piperidine rings is 1. The number of benzene rings is 1. The Morgan fingerprint density at radius 2 is 1.95 bits per heavy atom. The van der Waals surface area contributed by atoms with E-state index in [4.69, 9.17) is 17.3 Å². The third-order valence-electron chi connectivity index (χ3n) is 4.91. The maximum absolute atomic E-state index is 6.28. The largest absolute Gasteiger partial charge is 0.398 e. The monoisotopic (exact) mass is 278 g/mol. The summed E-state index contributed by atoms with van der Waals surface area (Å²) in [6.45, 7) is 3.34. The van der Waals surface area contributed by atoms with Crippen LogP contribution < -0.4 is 5.73 Å². The van der Waals surface area contributed by atoms with Gasteiger partial charge in [0.15, 0.2) is 0 Å². The number of hydrogen-bond acceptors (Lipinski definition) is 2. The number of nitrogens with two attached hydrogens (primary N) is 1. The lowest BCUT2D eigenvalue weighted by atomic mass is 9.75. The number of anilines is 1. The van der Waals surface area contributed by atoms with Crippen LogP contribution in [0.25, 0.3) is 0 Å². The summed E-state index contributed by atoms with van der Waals surface area (Å²) < 4.78 is 0. The Hall–Kier alpha value is -0.730. The molecule has 0 amide bonds. The van der Waals surface area contributed by atoms with E-state index in [9.17, 15) is 0 Å². The van der Waals surface area contributed by atoms with Gasteiger partial charge in [0, 0.05) is 29.4 Å². The van der Waals surface area contributed by atoms with Crippen LogP contribution in [-0.4, -0.2) is 18.0 Å². The van der Waals surface area contributed by atoms with Crippen LogP contribution in [0.5, 0.6) is 0 Å². The lowest BCUT2D eigenvalue weighted by molar-refractivity contribution is 0.0822. The third-order valence-corrected chi connectivity index (χ3v) is 5.27. The maximum atomic E-state index is 6.28. The van der Waals surface area contributed by atoms with Gasteiger partial charge in [-0.3, -0.25) is 4.90 Å². The van der Waals surface area contributed by atoms with Crippen LogP contribution in [0.2, 0.25) is 5.02 Å². The molecule has 0 spiro atoms. The van der Waals surface area contributed by atoms with E-state index >= 15 is 0 Å². The number of hydrogen-bond donors (Lipinski definition) is 1. The number of nitrogen functional groups attached to an aromatic ring is 1.